The SMILES string of the molecule is CCc1ccc(O)c(NS(=O)(=O)CCc2ccncc2)c1. The molecule has 2 aromatic rings. The number of anilines is 1. The molecule has 0 bridgehead atoms. The first-order valence-electron chi connectivity index (χ1n) is 6.71. The largest absolute Gasteiger partial charge is 0.506 e. The molecule has 0 fully saturated rings. The zero-order valence-corrected chi connectivity index (χ0v) is 12.6. The van der Waals surface area contributed by atoms with Crippen LogP contribution >= 0.6 is 0 Å². The van der Waals surface area contributed by atoms with Crippen LogP contribution in [0.3, 0.4) is 0 Å². The van der Waals surface area contributed by atoms with E-state index >= 15 is 0 Å². The van der Waals surface area contributed by atoms with Crippen molar-refractivity contribution in [1.82, 2.24) is 4.98 Å². The highest BCUT2D eigenvalue weighted by molar-refractivity contribution is 7.92. The molecule has 2 N–H and O–H groups in total. The standard InChI is InChI=1S/C15H18N2O3S/c1-2-12-3-4-15(18)14(11-12)17-21(19,20)10-7-13-5-8-16-9-6-13/h3-6,8-9,11,17-18H,2,7,10H2,1H3. The smallest absolute Gasteiger partial charge is 0.233 e. The van der Waals surface area contributed by atoms with Crippen molar-refractivity contribution in [1.29, 1.82) is 0 Å². The van der Waals surface area contributed by atoms with Gasteiger partial charge in [0.05, 0.1) is 11.4 Å². The molecule has 0 amide bonds. The van der Waals surface area contributed by atoms with Gasteiger partial charge in [-0.05, 0) is 48.2 Å². The number of pyridine rings is 1. The Morgan fingerprint density at radius 3 is 2.52 bits per heavy atom. The maximum atomic E-state index is 12.1. The lowest BCUT2D eigenvalue weighted by atomic mass is 10.1. The van der Waals surface area contributed by atoms with Gasteiger partial charge in [-0.15, -0.1) is 0 Å². The van der Waals surface area contributed by atoms with E-state index in [1.165, 1.54) is 6.07 Å². The fraction of sp³-hybridized carbons (Fsp3) is 0.267. The van der Waals surface area contributed by atoms with Crippen molar-refractivity contribution in [3.05, 3.63) is 53.9 Å². The normalized spacial score (nSPS) is 11.3. The number of hydrogen-bond donors (Lipinski definition) is 2. The molecule has 1 aromatic heterocycles. The van der Waals surface area contributed by atoms with Gasteiger partial charge in [0.1, 0.15) is 5.75 Å². The van der Waals surface area contributed by atoms with Gasteiger partial charge >= 0.3 is 0 Å². The lowest BCUT2D eigenvalue weighted by molar-refractivity contribution is 0.477. The van der Waals surface area contributed by atoms with Crippen LogP contribution in [0.5, 0.6) is 5.75 Å². The van der Waals surface area contributed by atoms with Crippen molar-refractivity contribution in [2.75, 3.05) is 10.5 Å². The summed E-state index contributed by atoms with van der Waals surface area (Å²) in [6, 6.07) is 8.48. The van der Waals surface area contributed by atoms with Crippen molar-refractivity contribution in [3.8, 4) is 5.75 Å². The highest BCUT2D eigenvalue weighted by Gasteiger charge is 2.13. The first-order valence-corrected chi connectivity index (χ1v) is 8.36. The number of nitrogens with one attached hydrogen (secondary N) is 1. The number of phenolic OH excluding ortho intramolecular Hbond substituents is 1. The molecule has 1 heterocycles. The van der Waals surface area contributed by atoms with Crippen molar-refractivity contribution in [3.63, 3.8) is 0 Å². The lowest BCUT2D eigenvalue weighted by Crippen LogP contribution is -2.18. The predicted octanol–water partition coefficient (Wildman–Crippen LogP) is 2.33. The van der Waals surface area contributed by atoms with Crippen LogP contribution in [-0.4, -0.2) is 24.3 Å². The molecule has 0 saturated carbocycles. The third kappa shape index (κ3) is 4.46. The molecule has 0 unspecified atom stereocenters. The van der Waals surface area contributed by atoms with Crippen LogP contribution in [0.2, 0.25) is 0 Å². The molecular formula is C15H18N2O3S. The van der Waals surface area contributed by atoms with Crippen molar-refractivity contribution in [2.24, 2.45) is 0 Å². The Kier molecular flexibility index (Phi) is 4.80. The number of aromatic hydroxyl groups is 1. The van der Waals surface area contributed by atoms with Gasteiger partial charge in [-0.2, -0.15) is 0 Å². The fourth-order valence-electron chi connectivity index (χ4n) is 1.91. The second kappa shape index (κ2) is 6.58. The molecule has 0 atom stereocenters. The summed E-state index contributed by atoms with van der Waals surface area (Å²) in [5, 5.41) is 9.74. The van der Waals surface area contributed by atoms with Gasteiger partial charge in [-0.25, -0.2) is 8.42 Å². The van der Waals surface area contributed by atoms with E-state index in [4.69, 9.17) is 0 Å². The van der Waals surface area contributed by atoms with Crippen molar-refractivity contribution < 1.29 is 13.5 Å². The summed E-state index contributed by atoms with van der Waals surface area (Å²) in [6.45, 7) is 1.97. The minimum absolute atomic E-state index is 0.0488. The Morgan fingerprint density at radius 1 is 1.14 bits per heavy atom. The topological polar surface area (TPSA) is 79.3 Å². The van der Waals surface area contributed by atoms with E-state index in [-0.39, 0.29) is 17.2 Å². The molecule has 0 aliphatic carbocycles. The Balaban J connectivity index is 2.07. The van der Waals surface area contributed by atoms with Crippen LogP contribution in [-0.2, 0) is 22.9 Å². The molecular weight excluding hydrogens is 288 g/mol. The Hall–Kier alpha value is -2.08. The highest BCUT2D eigenvalue weighted by Crippen LogP contribution is 2.25. The minimum atomic E-state index is -3.51. The van der Waals surface area contributed by atoms with Gasteiger partial charge < -0.3 is 5.11 Å². The average molecular weight is 306 g/mol. The van der Waals surface area contributed by atoms with Crippen LogP contribution in [0, 0.1) is 0 Å². The van der Waals surface area contributed by atoms with Crippen molar-refractivity contribution in [2.45, 2.75) is 19.8 Å². The van der Waals surface area contributed by atoms with Crippen LogP contribution in [0.15, 0.2) is 42.7 Å². The molecule has 2 rings (SSSR count). The highest BCUT2D eigenvalue weighted by atomic mass is 32.2. The molecule has 0 spiro atoms. The summed E-state index contributed by atoms with van der Waals surface area (Å²) < 4.78 is 26.6. The summed E-state index contributed by atoms with van der Waals surface area (Å²) >= 11 is 0. The van der Waals surface area contributed by atoms with Crippen LogP contribution < -0.4 is 4.72 Å². The van der Waals surface area contributed by atoms with E-state index in [1.807, 2.05) is 6.92 Å². The molecule has 21 heavy (non-hydrogen) atoms. The molecule has 0 radical (unpaired) electrons. The second-order valence-corrected chi connectivity index (χ2v) is 6.57. The number of benzene rings is 1. The van der Waals surface area contributed by atoms with E-state index in [9.17, 15) is 13.5 Å². The number of hydrogen-bond acceptors (Lipinski definition) is 4. The van der Waals surface area contributed by atoms with Crippen LogP contribution in [0.4, 0.5) is 5.69 Å². The number of aromatic nitrogens is 1. The van der Waals surface area contributed by atoms with Gasteiger partial charge in [0.25, 0.3) is 0 Å². The van der Waals surface area contributed by atoms with E-state index in [0.29, 0.717) is 6.42 Å². The third-order valence-corrected chi connectivity index (χ3v) is 4.42. The Morgan fingerprint density at radius 2 is 1.86 bits per heavy atom. The first-order chi connectivity index (χ1) is 10.00. The number of nitrogens with zero attached hydrogens (tertiary/aromatic N) is 1. The van der Waals surface area contributed by atoms with Gasteiger partial charge in [-0.3, -0.25) is 9.71 Å². The van der Waals surface area contributed by atoms with Gasteiger partial charge in [0, 0.05) is 12.4 Å². The van der Waals surface area contributed by atoms with E-state index in [0.717, 1.165) is 17.5 Å². The van der Waals surface area contributed by atoms with Crippen molar-refractivity contribution >= 4 is 15.7 Å². The molecule has 5 nitrogen and oxygen atoms in total. The number of aryl methyl sites for hydroxylation is 2. The molecule has 0 saturated heterocycles. The number of sulfonamides is 1. The van der Waals surface area contributed by atoms with E-state index in [1.54, 1.807) is 36.7 Å². The zero-order chi connectivity index (χ0) is 15.3. The number of rotatable bonds is 6. The van der Waals surface area contributed by atoms with E-state index in [2.05, 4.69) is 9.71 Å². The lowest BCUT2D eigenvalue weighted by Gasteiger charge is -2.11. The summed E-state index contributed by atoms with van der Waals surface area (Å²) in [4.78, 5) is 3.89. The quantitative estimate of drug-likeness (QED) is 0.803. The fourth-order valence-corrected chi connectivity index (χ4v) is 3.01. The first kappa shape index (κ1) is 15.3. The molecule has 1 aromatic carbocycles. The maximum Gasteiger partial charge on any atom is 0.233 e. The maximum absolute atomic E-state index is 12.1. The minimum Gasteiger partial charge on any atom is -0.506 e. The molecule has 112 valence electrons. The molecule has 6 heteroatoms. The van der Waals surface area contributed by atoms with E-state index < -0.39 is 10.0 Å². The Bertz CT molecular complexity index is 700. The van der Waals surface area contributed by atoms with Crippen LogP contribution in [0.25, 0.3) is 0 Å². The van der Waals surface area contributed by atoms with Gasteiger partial charge in [-0.1, -0.05) is 13.0 Å². The van der Waals surface area contributed by atoms with Gasteiger partial charge in [0.15, 0.2) is 0 Å². The van der Waals surface area contributed by atoms with Gasteiger partial charge in [0.2, 0.25) is 10.0 Å². The molecule has 0 aliphatic rings. The summed E-state index contributed by atoms with van der Waals surface area (Å²) in [7, 11) is -3.51. The summed E-state index contributed by atoms with van der Waals surface area (Å²) in [5.41, 5.74) is 2.09. The predicted molar refractivity (Wildman–Crippen MR) is 82.8 cm³/mol. The number of phenols is 1. The monoisotopic (exact) mass is 306 g/mol. The van der Waals surface area contributed by atoms with Crippen LogP contribution in [0.1, 0.15) is 18.1 Å². The molecule has 0 aliphatic heterocycles. The average Bonchev–Trinajstić information content (AvgIpc) is 2.48. The third-order valence-electron chi connectivity index (χ3n) is 3.14. The zero-order valence-electron chi connectivity index (χ0n) is 11.8. The summed E-state index contributed by atoms with van der Waals surface area (Å²) in [5.74, 6) is -0.119. The Labute approximate surface area is 124 Å². The summed E-state index contributed by atoms with van der Waals surface area (Å²) in [6.07, 6.45) is 4.43. The second-order valence-electron chi connectivity index (χ2n) is 4.73.